The first-order valence-electron chi connectivity index (χ1n) is 11.6. The van der Waals surface area contributed by atoms with Gasteiger partial charge in [-0.25, -0.2) is 9.59 Å². The van der Waals surface area contributed by atoms with Crippen molar-refractivity contribution in [3.8, 4) is 11.5 Å². The van der Waals surface area contributed by atoms with Crippen LogP contribution in [-0.4, -0.2) is 54.7 Å². The Morgan fingerprint density at radius 1 is 1.03 bits per heavy atom. The van der Waals surface area contributed by atoms with E-state index in [0.29, 0.717) is 46.5 Å². The molecule has 3 N–H and O–H groups in total. The smallest absolute Gasteiger partial charge is 0.335 e. The lowest BCUT2D eigenvalue weighted by molar-refractivity contribution is -0.130. The molecule has 38 heavy (non-hydrogen) atoms. The first kappa shape index (κ1) is 28.1. The number of nitrogens with zero attached hydrogens (tertiary/aromatic N) is 1. The van der Waals surface area contributed by atoms with Crippen LogP contribution >= 0.6 is 11.6 Å². The molecule has 0 saturated heterocycles. The molecule has 0 unspecified atom stereocenters. The normalized spacial score (nSPS) is 10.3. The number of carboxylic acids is 1. The summed E-state index contributed by atoms with van der Waals surface area (Å²) in [5.74, 6) is -0.255. The van der Waals surface area contributed by atoms with Gasteiger partial charge >= 0.3 is 12.0 Å². The Hall–Kier alpha value is -4.50. The Balaban J connectivity index is 1.58. The third kappa shape index (κ3) is 8.01. The van der Waals surface area contributed by atoms with Gasteiger partial charge in [0.2, 0.25) is 5.91 Å². The number of carbonyl (C=O) groups excluding carboxylic acids is 2. The molecule has 0 aromatic heterocycles. The van der Waals surface area contributed by atoms with Gasteiger partial charge in [0, 0.05) is 6.54 Å². The lowest BCUT2D eigenvalue weighted by atomic mass is 10.1. The lowest BCUT2D eigenvalue weighted by Crippen LogP contribution is -2.35. The lowest BCUT2D eigenvalue weighted by Gasteiger charge is -2.22. The molecule has 0 aliphatic carbocycles. The van der Waals surface area contributed by atoms with Crippen LogP contribution in [0, 0.1) is 0 Å². The minimum atomic E-state index is -1.01. The van der Waals surface area contributed by atoms with Crippen molar-refractivity contribution in [2.75, 3.05) is 37.4 Å². The van der Waals surface area contributed by atoms with Crippen LogP contribution in [0.25, 0.3) is 0 Å². The van der Waals surface area contributed by atoms with Crippen molar-refractivity contribution in [3.63, 3.8) is 0 Å². The second kappa shape index (κ2) is 13.7. The third-order valence-electron chi connectivity index (χ3n) is 5.42. The SMILES string of the molecule is C=CCN(CCOc1ccc(C(=O)O)cc1)C(=O)Cc1ccc(NC(=O)Nc2ccccc2Cl)c(OC)c1. The highest BCUT2D eigenvalue weighted by molar-refractivity contribution is 6.33. The quantitative estimate of drug-likeness (QED) is 0.269. The van der Waals surface area contributed by atoms with E-state index in [-0.39, 0.29) is 24.5 Å². The average molecular weight is 538 g/mol. The Kier molecular flexibility index (Phi) is 10.1. The van der Waals surface area contributed by atoms with Crippen molar-refractivity contribution in [2.45, 2.75) is 6.42 Å². The number of nitrogens with one attached hydrogen (secondary N) is 2. The predicted octanol–water partition coefficient (Wildman–Crippen LogP) is 5.33. The molecule has 0 atom stereocenters. The van der Waals surface area contributed by atoms with Gasteiger partial charge in [-0.05, 0) is 54.1 Å². The average Bonchev–Trinajstić information content (AvgIpc) is 2.90. The maximum atomic E-state index is 13.0. The van der Waals surface area contributed by atoms with Crippen LogP contribution in [0.15, 0.2) is 79.4 Å². The molecule has 3 amide bonds. The van der Waals surface area contributed by atoms with Gasteiger partial charge in [-0.2, -0.15) is 0 Å². The highest BCUT2D eigenvalue weighted by Gasteiger charge is 2.16. The van der Waals surface area contributed by atoms with Crippen molar-refractivity contribution in [1.82, 2.24) is 4.90 Å². The van der Waals surface area contributed by atoms with Crippen LogP contribution in [0.3, 0.4) is 0 Å². The summed E-state index contributed by atoms with van der Waals surface area (Å²) in [4.78, 5) is 38.0. The van der Waals surface area contributed by atoms with Crippen LogP contribution in [0.2, 0.25) is 5.02 Å². The van der Waals surface area contributed by atoms with E-state index >= 15 is 0 Å². The van der Waals surface area contributed by atoms with Gasteiger partial charge in [-0.1, -0.05) is 35.9 Å². The number of carboxylic acid groups (broad SMARTS) is 1. The Bertz CT molecular complexity index is 1300. The maximum Gasteiger partial charge on any atom is 0.335 e. The van der Waals surface area contributed by atoms with Crippen molar-refractivity contribution < 1.29 is 29.0 Å². The second-order valence-electron chi connectivity index (χ2n) is 8.08. The number of halogens is 1. The van der Waals surface area contributed by atoms with Crippen LogP contribution in [0.1, 0.15) is 15.9 Å². The fourth-order valence-electron chi connectivity index (χ4n) is 3.51. The topological polar surface area (TPSA) is 117 Å². The molecule has 3 rings (SSSR count). The van der Waals surface area contributed by atoms with Crippen molar-refractivity contribution in [3.05, 3.63) is 95.5 Å². The molecule has 0 aliphatic heterocycles. The van der Waals surface area contributed by atoms with Crippen molar-refractivity contribution in [1.29, 1.82) is 0 Å². The van der Waals surface area contributed by atoms with Crippen LogP contribution in [-0.2, 0) is 11.2 Å². The van der Waals surface area contributed by atoms with E-state index in [2.05, 4.69) is 17.2 Å². The molecular formula is C28H28ClN3O6. The molecule has 0 spiro atoms. The molecule has 3 aromatic carbocycles. The summed E-state index contributed by atoms with van der Waals surface area (Å²) in [6.07, 6.45) is 1.73. The molecule has 0 fully saturated rings. The van der Waals surface area contributed by atoms with Crippen LogP contribution in [0.4, 0.5) is 16.2 Å². The number of urea groups is 1. The highest BCUT2D eigenvalue weighted by Crippen LogP contribution is 2.27. The fourth-order valence-corrected chi connectivity index (χ4v) is 3.70. The maximum absolute atomic E-state index is 13.0. The monoisotopic (exact) mass is 537 g/mol. The first-order chi connectivity index (χ1) is 18.3. The summed E-state index contributed by atoms with van der Waals surface area (Å²) >= 11 is 6.09. The minimum Gasteiger partial charge on any atom is -0.495 e. The number of benzene rings is 3. The summed E-state index contributed by atoms with van der Waals surface area (Å²) in [6.45, 7) is 4.58. The number of hydrogen-bond acceptors (Lipinski definition) is 5. The number of ether oxygens (including phenoxy) is 2. The predicted molar refractivity (Wildman–Crippen MR) is 146 cm³/mol. The molecule has 0 heterocycles. The Labute approximate surface area is 225 Å². The standard InChI is InChI=1S/C28H28ClN3O6/c1-3-14-32(15-16-38-21-11-9-20(10-12-21)27(34)35)26(33)18-19-8-13-24(25(17-19)37-2)31-28(36)30-23-7-5-4-6-22(23)29/h3-13,17H,1,14-16,18H2,2H3,(H,34,35)(H2,30,31,36). The molecule has 0 aliphatic rings. The largest absolute Gasteiger partial charge is 0.495 e. The van der Waals surface area contributed by atoms with Gasteiger partial charge < -0.3 is 30.1 Å². The van der Waals surface area contributed by atoms with Crippen LogP contribution < -0.4 is 20.1 Å². The number of carbonyl (C=O) groups is 3. The number of methoxy groups -OCH3 is 1. The van der Waals surface area contributed by atoms with E-state index in [9.17, 15) is 14.4 Å². The second-order valence-corrected chi connectivity index (χ2v) is 8.48. The van der Waals surface area contributed by atoms with Gasteiger partial charge in [0.1, 0.15) is 18.1 Å². The summed E-state index contributed by atoms with van der Waals surface area (Å²) in [7, 11) is 1.47. The van der Waals surface area contributed by atoms with E-state index in [4.69, 9.17) is 26.2 Å². The minimum absolute atomic E-state index is 0.101. The summed E-state index contributed by atoms with van der Waals surface area (Å²) in [5, 5.41) is 14.8. The Morgan fingerprint density at radius 3 is 2.39 bits per heavy atom. The van der Waals surface area contributed by atoms with E-state index in [1.54, 1.807) is 65.6 Å². The molecule has 3 aromatic rings. The van der Waals surface area contributed by atoms with Gasteiger partial charge in [0.05, 0.1) is 42.0 Å². The van der Waals surface area contributed by atoms with Gasteiger partial charge in [-0.3, -0.25) is 4.79 Å². The molecule has 10 heteroatoms. The molecule has 198 valence electrons. The summed E-state index contributed by atoms with van der Waals surface area (Å²) < 4.78 is 11.1. The third-order valence-corrected chi connectivity index (χ3v) is 5.75. The number of rotatable bonds is 12. The van der Waals surface area contributed by atoms with Crippen molar-refractivity contribution in [2.24, 2.45) is 0 Å². The number of anilines is 2. The first-order valence-corrected chi connectivity index (χ1v) is 12.0. The molecule has 0 bridgehead atoms. The van der Waals surface area contributed by atoms with Crippen molar-refractivity contribution >= 4 is 40.9 Å². The Morgan fingerprint density at radius 2 is 1.74 bits per heavy atom. The van der Waals surface area contributed by atoms with E-state index < -0.39 is 12.0 Å². The highest BCUT2D eigenvalue weighted by atomic mass is 35.5. The zero-order chi connectivity index (χ0) is 27.5. The zero-order valence-corrected chi connectivity index (χ0v) is 21.5. The summed E-state index contributed by atoms with van der Waals surface area (Å²) in [6, 6.07) is 17.5. The van der Waals surface area contributed by atoms with Gasteiger partial charge in [-0.15, -0.1) is 6.58 Å². The zero-order valence-electron chi connectivity index (χ0n) is 20.8. The van der Waals surface area contributed by atoms with Gasteiger partial charge in [0.25, 0.3) is 0 Å². The fraction of sp³-hybridized carbons (Fsp3) is 0.179. The number of para-hydroxylation sites is 1. The number of hydrogen-bond donors (Lipinski definition) is 3. The molecule has 0 radical (unpaired) electrons. The molecule has 9 nitrogen and oxygen atoms in total. The molecular weight excluding hydrogens is 510 g/mol. The van der Waals surface area contributed by atoms with Crippen LogP contribution in [0.5, 0.6) is 11.5 Å². The van der Waals surface area contributed by atoms with E-state index in [0.717, 1.165) is 0 Å². The number of amides is 3. The van der Waals surface area contributed by atoms with E-state index in [1.807, 2.05) is 0 Å². The molecule has 0 saturated carbocycles. The van der Waals surface area contributed by atoms with Gasteiger partial charge in [0.15, 0.2) is 0 Å². The summed E-state index contributed by atoms with van der Waals surface area (Å²) in [5.41, 5.74) is 1.76. The van der Waals surface area contributed by atoms with E-state index in [1.165, 1.54) is 19.2 Å². The number of aromatic carboxylic acids is 1.